The van der Waals surface area contributed by atoms with Gasteiger partial charge >= 0.3 is 0 Å². The molecule has 0 amide bonds. The molecule has 3 nitrogen and oxygen atoms in total. The van der Waals surface area contributed by atoms with Crippen LogP contribution in [0.2, 0.25) is 0 Å². The van der Waals surface area contributed by atoms with Gasteiger partial charge in [0.25, 0.3) is 0 Å². The zero-order valence-corrected chi connectivity index (χ0v) is 12.0. The molecule has 0 aromatic heterocycles. The number of nitrogens with zero attached hydrogens (tertiary/aromatic N) is 1. The molecule has 19 heavy (non-hydrogen) atoms. The molecular weight excluding hydrogens is 238 g/mol. The summed E-state index contributed by atoms with van der Waals surface area (Å²) in [5.41, 5.74) is 0. The lowest BCUT2D eigenvalue weighted by Crippen LogP contribution is -2.48. The Balaban J connectivity index is 1.45. The molecule has 3 aliphatic rings. The SMILES string of the molecule is OCC1CC(O)CCN1CC1CCC(C2CC2)CC1. The van der Waals surface area contributed by atoms with E-state index in [-0.39, 0.29) is 18.8 Å². The Morgan fingerprint density at radius 1 is 0.895 bits per heavy atom. The van der Waals surface area contributed by atoms with E-state index in [1.807, 2.05) is 0 Å². The molecule has 2 aliphatic carbocycles. The molecule has 3 heteroatoms. The average molecular weight is 267 g/mol. The summed E-state index contributed by atoms with van der Waals surface area (Å²) in [5.74, 6) is 2.95. The maximum Gasteiger partial charge on any atom is 0.0587 e. The molecule has 0 bridgehead atoms. The van der Waals surface area contributed by atoms with Crippen molar-refractivity contribution in [2.24, 2.45) is 17.8 Å². The molecule has 2 unspecified atom stereocenters. The highest BCUT2D eigenvalue weighted by Crippen LogP contribution is 2.45. The number of likely N-dealkylation sites (tertiary alicyclic amines) is 1. The van der Waals surface area contributed by atoms with Crippen LogP contribution in [0, 0.1) is 17.8 Å². The predicted molar refractivity (Wildman–Crippen MR) is 75.9 cm³/mol. The van der Waals surface area contributed by atoms with Crippen molar-refractivity contribution in [3.05, 3.63) is 0 Å². The van der Waals surface area contributed by atoms with Gasteiger partial charge in [-0.1, -0.05) is 0 Å². The summed E-state index contributed by atoms with van der Waals surface area (Å²) in [6, 6.07) is 0.199. The lowest BCUT2D eigenvalue weighted by atomic mass is 9.79. The van der Waals surface area contributed by atoms with Gasteiger partial charge in [0.1, 0.15) is 0 Å². The second-order valence-corrected chi connectivity index (χ2v) is 7.13. The van der Waals surface area contributed by atoms with Crippen molar-refractivity contribution in [2.45, 2.75) is 63.5 Å². The van der Waals surface area contributed by atoms with E-state index in [1.54, 1.807) is 0 Å². The van der Waals surface area contributed by atoms with Gasteiger partial charge in [0.2, 0.25) is 0 Å². The molecule has 2 N–H and O–H groups in total. The van der Waals surface area contributed by atoms with Crippen LogP contribution >= 0.6 is 0 Å². The molecule has 1 heterocycles. The van der Waals surface area contributed by atoms with Crippen LogP contribution in [0.5, 0.6) is 0 Å². The van der Waals surface area contributed by atoms with Crippen LogP contribution in [0.15, 0.2) is 0 Å². The maximum atomic E-state index is 9.70. The van der Waals surface area contributed by atoms with Crippen molar-refractivity contribution in [2.75, 3.05) is 19.7 Å². The zero-order valence-electron chi connectivity index (χ0n) is 12.0. The summed E-state index contributed by atoms with van der Waals surface area (Å²) in [7, 11) is 0. The van der Waals surface area contributed by atoms with Crippen molar-refractivity contribution >= 4 is 0 Å². The van der Waals surface area contributed by atoms with Gasteiger partial charge in [-0.05, 0) is 69.1 Å². The smallest absolute Gasteiger partial charge is 0.0587 e. The molecule has 0 radical (unpaired) electrons. The first-order valence-electron chi connectivity index (χ1n) is 8.29. The molecule has 1 saturated heterocycles. The van der Waals surface area contributed by atoms with E-state index >= 15 is 0 Å². The average Bonchev–Trinajstić information content (AvgIpc) is 3.26. The highest BCUT2D eigenvalue weighted by Gasteiger charge is 2.35. The van der Waals surface area contributed by atoms with Crippen molar-refractivity contribution in [3.8, 4) is 0 Å². The quantitative estimate of drug-likeness (QED) is 0.819. The van der Waals surface area contributed by atoms with Crippen LogP contribution in [0.1, 0.15) is 51.4 Å². The summed E-state index contributed by atoms with van der Waals surface area (Å²) < 4.78 is 0. The Labute approximate surface area is 117 Å². The first-order valence-corrected chi connectivity index (χ1v) is 8.29. The number of piperidine rings is 1. The van der Waals surface area contributed by atoms with E-state index in [0.29, 0.717) is 0 Å². The van der Waals surface area contributed by atoms with Gasteiger partial charge in [-0.2, -0.15) is 0 Å². The molecule has 2 atom stereocenters. The first kappa shape index (κ1) is 13.8. The lowest BCUT2D eigenvalue weighted by molar-refractivity contribution is 0.00521. The lowest BCUT2D eigenvalue weighted by Gasteiger charge is -2.40. The minimum Gasteiger partial charge on any atom is -0.395 e. The fourth-order valence-electron chi connectivity index (χ4n) is 4.25. The van der Waals surface area contributed by atoms with E-state index < -0.39 is 0 Å². The number of hydrogen-bond donors (Lipinski definition) is 2. The topological polar surface area (TPSA) is 43.7 Å². The Bertz CT molecular complexity index is 284. The third-order valence-corrected chi connectivity index (χ3v) is 5.69. The largest absolute Gasteiger partial charge is 0.395 e. The van der Waals surface area contributed by atoms with E-state index in [9.17, 15) is 10.2 Å². The molecule has 3 fully saturated rings. The zero-order chi connectivity index (χ0) is 13.2. The second kappa shape index (κ2) is 6.11. The maximum absolute atomic E-state index is 9.70. The molecule has 3 rings (SSSR count). The van der Waals surface area contributed by atoms with Crippen LogP contribution in [0.25, 0.3) is 0 Å². The Kier molecular flexibility index (Phi) is 4.45. The molecular formula is C16H29NO2. The fraction of sp³-hybridized carbons (Fsp3) is 1.00. The fourth-order valence-corrected chi connectivity index (χ4v) is 4.25. The number of rotatable bonds is 4. The van der Waals surface area contributed by atoms with Crippen molar-refractivity contribution < 1.29 is 10.2 Å². The Morgan fingerprint density at radius 3 is 2.11 bits per heavy atom. The molecule has 0 spiro atoms. The van der Waals surface area contributed by atoms with Crippen LogP contribution in [0.4, 0.5) is 0 Å². The van der Waals surface area contributed by atoms with Gasteiger partial charge in [-0.15, -0.1) is 0 Å². The standard InChI is InChI=1S/C16H29NO2/c18-11-15-9-16(19)7-8-17(15)10-12-1-3-13(4-2-12)14-5-6-14/h12-16,18-19H,1-11H2. The van der Waals surface area contributed by atoms with Crippen molar-refractivity contribution in [1.29, 1.82) is 0 Å². The first-order chi connectivity index (χ1) is 9.26. The van der Waals surface area contributed by atoms with Crippen LogP contribution in [-0.2, 0) is 0 Å². The molecule has 110 valence electrons. The summed E-state index contributed by atoms with van der Waals surface area (Å²) >= 11 is 0. The summed E-state index contributed by atoms with van der Waals surface area (Å²) in [4.78, 5) is 2.44. The molecule has 0 aromatic carbocycles. The minimum atomic E-state index is -0.195. The Hall–Kier alpha value is -0.120. The normalized spacial score (nSPS) is 41.4. The van der Waals surface area contributed by atoms with E-state index in [4.69, 9.17) is 0 Å². The van der Waals surface area contributed by atoms with Gasteiger partial charge in [-0.3, -0.25) is 4.90 Å². The summed E-state index contributed by atoms with van der Waals surface area (Å²) in [5, 5.41) is 19.2. The minimum absolute atomic E-state index is 0.195. The van der Waals surface area contributed by atoms with Crippen LogP contribution in [-0.4, -0.2) is 47.0 Å². The van der Waals surface area contributed by atoms with Gasteiger partial charge in [0.15, 0.2) is 0 Å². The van der Waals surface area contributed by atoms with Crippen LogP contribution in [0.3, 0.4) is 0 Å². The second-order valence-electron chi connectivity index (χ2n) is 7.13. The molecule has 1 aliphatic heterocycles. The van der Waals surface area contributed by atoms with Crippen molar-refractivity contribution in [3.63, 3.8) is 0 Å². The van der Waals surface area contributed by atoms with E-state index in [1.165, 1.54) is 38.5 Å². The summed E-state index contributed by atoms with van der Waals surface area (Å²) in [6.45, 7) is 2.32. The third-order valence-electron chi connectivity index (χ3n) is 5.69. The monoisotopic (exact) mass is 267 g/mol. The van der Waals surface area contributed by atoms with E-state index in [2.05, 4.69) is 4.90 Å². The summed E-state index contributed by atoms with van der Waals surface area (Å²) in [6.07, 6.45) is 10.1. The van der Waals surface area contributed by atoms with Gasteiger partial charge in [0, 0.05) is 19.1 Å². The van der Waals surface area contributed by atoms with E-state index in [0.717, 1.165) is 43.7 Å². The van der Waals surface area contributed by atoms with Crippen molar-refractivity contribution in [1.82, 2.24) is 4.90 Å². The number of aliphatic hydroxyl groups is 2. The van der Waals surface area contributed by atoms with Gasteiger partial charge in [0.05, 0.1) is 12.7 Å². The van der Waals surface area contributed by atoms with Crippen LogP contribution < -0.4 is 0 Å². The molecule has 0 aromatic rings. The Morgan fingerprint density at radius 2 is 1.53 bits per heavy atom. The number of aliphatic hydroxyl groups excluding tert-OH is 2. The van der Waals surface area contributed by atoms with Gasteiger partial charge < -0.3 is 10.2 Å². The highest BCUT2D eigenvalue weighted by molar-refractivity contribution is 4.87. The van der Waals surface area contributed by atoms with Gasteiger partial charge in [-0.25, -0.2) is 0 Å². The number of hydrogen-bond acceptors (Lipinski definition) is 3. The highest BCUT2D eigenvalue weighted by atomic mass is 16.3. The predicted octanol–water partition coefficient (Wildman–Crippen LogP) is 2.02. The molecule has 2 saturated carbocycles. The third kappa shape index (κ3) is 3.50.